The van der Waals surface area contributed by atoms with Gasteiger partial charge in [0.05, 0.1) is 5.69 Å². The minimum Gasteiger partial charge on any atom is -0.352 e. The van der Waals surface area contributed by atoms with Crippen molar-refractivity contribution in [3.8, 4) is 21.8 Å². The zero-order valence-corrected chi connectivity index (χ0v) is 18.0. The van der Waals surface area contributed by atoms with Crippen molar-refractivity contribution in [1.29, 1.82) is 0 Å². The third-order valence-corrected chi connectivity index (χ3v) is 5.74. The number of nitrogens with one attached hydrogen (secondary N) is 1. The van der Waals surface area contributed by atoms with Gasteiger partial charge in [-0.05, 0) is 31.6 Å². The zero-order valence-electron chi connectivity index (χ0n) is 17.2. The molecule has 2 aromatic carbocycles. The Balaban J connectivity index is 1.55. The number of thiazole rings is 1. The van der Waals surface area contributed by atoms with Crippen LogP contribution in [0.15, 0.2) is 60.0 Å². The predicted molar refractivity (Wildman–Crippen MR) is 122 cm³/mol. The summed E-state index contributed by atoms with van der Waals surface area (Å²) >= 11 is 1.64. The van der Waals surface area contributed by atoms with Crippen LogP contribution in [0.4, 0.5) is 0 Å². The van der Waals surface area contributed by atoms with Crippen LogP contribution in [0.1, 0.15) is 31.7 Å². The second-order valence-electron chi connectivity index (χ2n) is 7.29. The van der Waals surface area contributed by atoms with Crippen molar-refractivity contribution in [2.24, 2.45) is 0 Å². The molecular weight excluding hydrogens is 378 g/mol. The summed E-state index contributed by atoms with van der Waals surface area (Å²) in [6.45, 7) is 4.57. The van der Waals surface area contributed by atoms with Gasteiger partial charge in [-0.2, -0.15) is 0 Å². The normalized spacial score (nSPS) is 11.0. The number of amides is 1. The molecule has 0 aliphatic rings. The number of carbonyl (C=O) groups excluding carboxylic acids is 1. The lowest BCUT2D eigenvalue weighted by atomic mass is 10.1. The van der Waals surface area contributed by atoms with E-state index in [1.54, 1.807) is 11.3 Å². The predicted octanol–water partition coefficient (Wildman–Crippen LogP) is 5.22. The molecule has 5 heteroatoms. The lowest BCUT2D eigenvalue weighted by Gasteiger charge is -2.15. The first-order chi connectivity index (χ1) is 14.2. The number of hydrogen-bond donors (Lipinski definition) is 1. The molecule has 0 unspecified atom stereocenters. The smallest absolute Gasteiger partial charge is 0.221 e. The van der Waals surface area contributed by atoms with E-state index in [0.717, 1.165) is 40.5 Å². The van der Waals surface area contributed by atoms with Gasteiger partial charge in [0.2, 0.25) is 5.91 Å². The fourth-order valence-corrected chi connectivity index (χ4v) is 3.91. The molecule has 0 aliphatic carbocycles. The van der Waals surface area contributed by atoms with E-state index in [2.05, 4.69) is 53.8 Å². The first-order valence-corrected chi connectivity index (χ1v) is 11.1. The summed E-state index contributed by atoms with van der Waals surface area (Å²) in [4.78, 5) is 19.2. The van der Waals surface area contributed by atoms with Crippen molar-refractivity contribution < 1.29 is 4.79 Å². The highest BCUT2D eigenvalue weighted by atomic mass is 32.1. The summed E-state index contributed by atoms with van der Waals surface area (Å²) in [7, 11) is 2.07. The molecule has 3 aromatic rings. The van der Waals surface area contributed by atoms with E-state index in [1.807, 2.05) is 30.3 Å². The van der Waals surface area contributed by atoms with Gasteiger partial charge in [-0.15, -0.1) is 11.3 Å². The number of unbranched alkanes of at least 4 members (excludes halogenated alkanes) is 1. The molecule has 0 radical (unpaired) electrons. The minimum absolute atomic E-state index is 0.0966. The van der Waals surface area contributed by atoms with Gasteiger partial charge in [0.1, 0.15) is 5.01 Å². The quantitative estimate of drug-likeness (QED) is 0.501. The van der Waals surface area contributed by atoms with Crippen LogP contribution in [0, 0.1) is 0 Å². The SMILES string of the molecule is CCCCN(C)CCC(=O)NCc1cccc(-c2nc(-c3ccccc3)cs2)c1. The van der Waals surface area contributed by atoms with Crippen molar-refractivity contribution in [3.05, 3.63) is 65.5 Å². The third kappa shape index (κ3) is 6.51. The molecule has 1 aromatic heterocycles. The summed E-state index contributed by atoms with van der Waals surface area (Å²) in [5.41, 5.74) is 4.30. The van der Waals surface area contributed by atoms with Crippen LogP contribution < -0.4 is 5.32 Å². The summed E-state index contributed by atoms with van der Waals surface area (Å²) in [6, 6.07) is 18.5. The van der Waals surface area contributed by atoms with Gasteiger partial charge >= 0.3 is 0 Å². The zero-order chi connectivity index (χ0) is 20.5. The Morgan fingerprint density at radius 1 is 1.07 bits per heavy atom. The first-order valence-electron chi connectivity index (χ1n) is 10.2. The van der Waals surface area contributed by atoms with Gasteiger partial charge in [0.25, 0.3) is 0 Å². The van der Waals surface area contributed by atoms with E-state index in [0.29, 0.717) is 13.0 Å². The number of aromatic nitrogens is 1. The van der Waals surface area contributed by atoms with Crippen LogP contribution >= 0.6 is 11.3 Å². The molecule has 0 bridgehead atoms. The van der Waals surface area contributed by atoms with Crippen molar-refractivity contribution in [2.45, 2.75) is 32.7 Å². The molecule has 3 rings (SSSR count). The Hall–Kier alpha value is -2.50. The summed E-state index contributed by atoms with van der Waals surface area (Å²) < 4.78 is 0. The van der Waals surface area contributed by atoms with E-state index in [4.69, 9.17) is 4.98 Å². The van der Waals surface area contributed by atoms with Crippen LogP contribution in [0.5, 0.6) is 0 Å². The Labute approximate surface area is 177 Å². The number of hydrogen-bond acceptors (Lipinski definition) is 4. The Morgan fingerprint density at radius 3 is 2.66 bits per heavy atom. The average molecular weight is 408 g/mol. The largest absolute Gasteiger partial charge is 0.352 e. The highest BCUT2D eigenvalue weighted by molar-refractivity contribution is 7.13. The molecule has 0 saturated heterocycles. The maximum Gasteiger partial charge on any atom is 0.221 e. The second-order valence-corrected chi connectivity index (χ2v) is 8.15. The van der Waals surface area contributed by atoms with Crippen LogP contribution in [-0.2, 0) is 11.3 Å². The topological polar surface area (TPSA) is 45.2 Å². The molecule has 29 heavy (non-hydrogen) atoms. The molecule has 0 aliphatic heterocycles. The van der Waals surface area contributed by atoms with Crippen LogP contribution in [-0.4, -0.2) is 35.9 Å². The summed E-state index contributed by atoms with van der Waals surface area (Å²) in [6.07, 6.45) is 2.89. The van der Waals surface area contributed by atoms with Crippen LogP contribution in [0.2, 0.25) is 0 Å². The van der Waals surface area contributed by atoms with E-state index in [9.17, 15) is 4.79 Å². The molecule has 152 valence electrons. The van der Waals surface area contributed by atoms with E-state index in [-0.39, 0.29) is 5.91 Å². The molecule has 4 nitrogen and oxygen atoms in total. The fraction of sp³-hybridized carbons (Fsp3) is 0.333. The van der Waals surface area contributed by atoms with Crippen molar-refractivity contribution >= 4 is 17.2 Å². The van der Waals surface area contributed by atoms with E-state index in [1.165, 1.54) is 12.8 Å². The lowest BCUT2D eigenvalue weighted by Crippen LogP contribution is -2.29. The Kier molecular flexibility index (Phi) is 7.96. The van der Waals surface area contributed by atoms with Gasteiger partial charge in [0.15, 0.2) is 0 Å². The van der Waals surface area contributed by atoms with Crippen LogP contribution in [0.25, 0.3) is 21.8 Å². The molecule has 0 fully saturated rings. The van der Waals surface area contributed by atoms with Crippen molar-refractivity contribution in [2.75, 3.05) is 20.1 Å². The summed E-state index contributed by atoms with van der Waals surface area (Å²) in [5.74, 6) is 0.0966. The molecule has 1 heterocycles. The number of benzene rings is 2. The van der Waals surface area contributed by atoms with E-state index < -0.39 is 0 Å². The van der Waals surface area contributed by atoms with Gasteiger partial charge in [-0.25, -0.2) is 4.98 Å². The minimum atomic E-state index is 0.0966. The number of rotatable bonds is 10. The highest BCUT2D eigenvalue weighted by Crippen LogP contribution is 2.29. The standard InChI is InChI=1S/C24H29N3OS/c1-3-4-14-27(2)15-13-23(28)25-17-19-9-8-12-21(16-19)24-26-22(18-29-24)20-10-6-5-7-11-20/h5-12,16,18H,3-4,13-15,17H2,1-2H3,(H,25,28). The van der Waals surface area contributed by atoms with Crippen molar-refractivity contribution in [3.63, 3.8) is 0 Å². The number of nitrogens with zero attached hydrogens (tertiary/aromatic N) is 2. The van der Waals surface area contributed by atoms with Gasteiger partial charge < -0.3 is 10.2 Å². The first kappa shape index (κ1) is 21.2. The van der Waals surface area contributed by atoms with Crippen molar-refractivity contribution in [1.82, 2.24) is 15.2 Å². The second kappa shape index (κ2) is 10.9. The molecule has 0 saturated carbocycles. The Bertz CT molecular complexity index is 907. The monoisotopic (exact) mass is 407 g/mol. The highest BCUT2D eigenvalue weighted by Gasteiger charge is 2.08. The maximum absolute atomic E-state index is 12.2. The van der Waals surface area contributed by atoms with Gasteiger partial charge in [0, 0.05) is 36.0 Å². The van der Waals surface area contributed by atoms with Crippen LogP contribution in [0.3, 0.4) is 0 Å². The van der Waals surface area contributed by atoms with Gasteiger partial charge in [-0.1, -0.05) is 61.9 Å². The molecule has 0 atom stereocenters. The molecule has 1 N–H and O–H groups in total. The average Bonchev–Trinajstić information content (AvgIpc) is 3.26. The number of carbonyl (C=O) groups is 1. The fourth-order valence-electron chi connectivity index (χ4n) is 3.08. The van der Waals surface area contributed by atoms with Gasteiger partial charge in [-0.3, -0.25) is 4.79 Å². The summed E-state index contributed by atoms with van der Waals surface area (Å²) in [5, 5.41) is 6.12. The maximum atomic E-state index is 12.2. The third-order valence-electron chi connectivity index (χ3n) is 4.85. The molecule has 0 spiro atoms. The van der Waals surface area contributed by atoms with E-state index >= 15 is 0 Å². The molecule has 1 amide bonds. The molecular formula is C24H29N3OS. The lowest BCUT2D eigenvalue weighted by molar-refractivity contribution is -0.121. The Morgan fingerprint density at radius 2 is 1.86 bits per heavy atom.